The summed E-state index contributed by atoms with van der Waals surface area (Å²) in [6.45, 7) is 0.618. The lowest BCUT2D eigenvalue weighted by Gasteiger charge is -2.10. The fourth-order valence-corrected chi connectivity index (χ4v) is 2.10. The molecule has 0 radical (unpaired) electrons. The molecule has 1 aromatic heterocycles. The van der Waals surface area contributed by atoms with Crippen molar-refractivity contribution in [1.29, 1.82) is 0 Å². The monoisotopic (exact) mass is 236 g/mol. The smallest absolute Gasteiger partial charge is 0.271 e. The van der Waals surface area contributed by atoms with E-state index in [-0.39, 0.29) is 23.2 Å². The normalized spacial score (nSPS) is 23.6. The molecule has 1 aliphatic carbocycles. The van der Waals surface area contributed by atoms with Crippen LogP contribution in [0.5, 0.6) is 0 Å². The molecule has 6 nitrogen and oxygen atoms in total. The average Bonchev–Trinajstić information content (AvgIpc) is 2.73. The minimum atomic E-state index is -0.316. The predicted molar refractivity (Wildman–Crippen MR) is 62.5 cm³/mol. The number of hydrogen-bond acceptors (Lipinski definition) is 4. The Labute approximate surface area is 98.6 Å². The van der Waals surface area contributed by atoms with Crippen molar-refractivity contribution in [3.63, 3.8) is 0 Å². The summed E-state index contributed by atoms with van der Waals surface area (Å²) in [5.74, 6) is 0.193. The average molecular weight is 236 g/mol. The highest BCUT2D eigenvalue weighted by Crippen LogP contribution is 2.23. The first-order valence-corrected chi connectivity index (χ1v) is 5.74. The van der Waals surface area contributed by atoms with Gasteiger partial charge in [-0.3, -0.25) is 9.59 Å². The molecule has 1 saturated carbocycles. The molecule has 1 fully saturated rings. The maximum atomic E-state index is 11.7. The number of nitrogens with one attached hydrogen (secondary N) is 2. The molecule has 2 atom stereocenters. The van der Waals surface area contributed by atoms with Gasteiger partial charge in [0, 0.05) is 18.7 Å². The zero-order chi connectivity index (χ0) is 12.3. The van der Waals surface area contributed by atoms with Gasteiger partial charge in [-0.25, -0.2) is 5.10 Å². The number of nitrogens with zero attached hydrogens (tertiary/aromatic N) is 1. The van der Waals surface area contributed by atoms with E-state index in [1.165, 1.54) is 12.1 Å². The molecule has 0 bridgehead atoms. The number of hydrogen-bond donors (Lipinski definition) is 3. The largest absolute Gasteiger partial charge is 0.350 e. The molecule has 2 unspecified atom stereocenters. The van der Waals surface area contributed by atoms with E-state index in [0.717, 1.165) is 19.3 Å². The van der Waals surface area contributed by atoms with Crippen LogP contribution in [-0.4, -0.2) is 28.7 Å². The Hall–Kier alpha value is -1.69. The topological polar surface area (TPSA) is 101 Å². The predicted octanol–water partition coefficient (Wildman–Crippen LogP) is -0.373. The minimum Gasteiger partial charge on any atom is -0.350 e. The van der Waals surface area contributed by atoms with Crippen LogP contribution >= 0.6 is 0 Å². The number of rotatable bonds is 3. The van der Waals surface area contributed by atoms with Gasteiger partial charge in [-0.15, -0.1) is 0 Å². The minimum absolute atomic E-state index is 0.229. The third-order valence-electron chi connectivity index (χ3n) is 3.04. The Morgan fingerprint density at radius 3 is 2.94 bits per heavy atom. The summed E-state index contributed by atoms with van der Waals surface area (Å²) in [7, 11) is 0. The van der Waals surface area contributed by atoms with Gasteiger partial charge in [-0.05, 0) is 31.2 Å². The first kappa shape index (κ1) is 11.8. The van der Waals surface area contributed by atoms with Crippen LogP contribution in [0.3, 0.4) is 0 Å². The molecule has 0 aliphatic heterocycles. The van der Waals surface area contributed by atoms with Crippen molar-refractivity contribution < 1.29 is 4.79 Å². The molecule has 4 N–H and O–H groups in total. The van der Waals surface area contributed by atoms with Gasteiger partial charge in [0.05, 0.1) is 0 Å². The second-order valence-electron chi connectivity index (χ2n) is 4.46. The van der Waals surface area contributed by atoms with E-state index in [0.29, 0.717) is 12.5 Å². The summed E-state index contributed by atoms with van der Waals surface area (Å²) in [6.07, 6.45) is 3.04. The number of aromatic amines is 1. The molecule has 0 spiro atoms. The van der Waals surface area contributed by atoms with Crippen molar-refractivity contribution in [2.24, 2.45) is 11.7 Å². The number of H-pyrrole nitrogens is 1. The number of carbonyl (C=O) groups is 1. The molecule has 1 aromatic rings. The second-order valence-corrected chi connectivity index (χ2v) is 4.46. The number of carbonyl (C=O) groups excluding carboxylic acids is 1. The zero-order valence-corrected chi connectivity index (χ0v) is 9.48. The number of amides is 1. The zero-order valence-electron chi connectivity index (χ0n) is 9.48. The van der Waals surface area contributed by atoms with Crippen LogP contribution < -0.4 is 16.6 Å². The van der Waals surface area contributed by atoms with Gasteiger partial charge < -0.3 is 11.1 Å². The van der Waals surface area contributed by atoms with Crippen molar-refractivity contribution in [3.8, 4) is 0 Å². The van der Waals surface area contributed by atoms with Crippen LogP contribution in [0, 0.1) is 5.92 Å². The Morgan fingerprint density at radius 2 is 2.35 bits per heavy atom. The molecule has 6 heteroatoms. The summed E-state index contributed by atoms with van der Waals surface area (Å²) in [4.78, 5) is 22.5. The summed E-state index contributed by atoms with van der Waals surface area (Å²) < 4.78 is 0. The van der Waals surface area contributed by atoms with Crippen molar-refractivity contribution in [2.45, 2.75) is 25.3 Å². The second kappa shape index (κ2) is 5.09. The first-order chi connectivity index (χ1) is 8.15. The molecule has 0 aromatic carbocycles. The van der Waals surface area contributed by atoms with E-state index >= 15 is 0 Å². The van der Waals surface area contributed by atoms with E-state index in [4.69, 9.17) is 5.73 Å². The van der Waals surface area contributed by atoms with E-state index < -0.39 is 0 Å². The van der Waals surface area contributed by atoms with E-state index in [2.05, 4.69) is 15.5 Å². The highest BCUT2D eigenvalue weighted by molar-refractivity contribution is 5.91. The molecule has 2 rings (SSSR count). The van der Waals surface area contributed by atoms with Crippen LogP contribution in [0.4, 0.5) is 0 Å². The summed E-state index contributed by atoms with van der Waals surface area (Å²) in [6, 6.07) is 2.96. The molecule has 1 heterocycles. The van der Waals surface area contributed by atoms with Crippen LogP contribution in [0.25, 0.3) is 0 Å². The van der Waals surface area contributed by atoms with Gasteiger partial charge in [-0.1, -0.05) is 0 Å². The maximum Gasteiger partial charge on any atom is 0.271 e. The van der Waals surface area contributed by atoms with Crippen molar-refractivity contribution >= 4 is 5.91 Å². The lowest BCUT2D eigenvalue weighted by Crippen LogP contribution is -2.30. The molecule has 1 amide bonds. The van der Waals surface area contributed by atoms with E-state index in [1.54, 1.807) is 0 Å². The molecule has 0 saturated heterocycles. The quantitative estimate of drug-likeness (QED) is 0.666. The first-order valence-electron chi connectivity index (χ1n) is 5.74. The van der Waals surface area contributed by atoms with Crippen LogP contribution in [0.2, 0.25) is 0 Å². The third kappa shape index (κ3) is 3.13. The summed E-state index contributed by atoms with van der Waals surface area (Å²) in [5, 5.41) is 8.70. The van der Waals surface area contributed by atoms with Gasteiger partial charge in [0.1, 0.15) is 5.69 Å². The molecule has 1 aliphatic rings. The van der Waals surface area contributed by atoms with Crippen LogP contribution in [0.1, 0.15) is 29.8 Å². The van der Waals surface area contributed by atoms with Crippen molar-refractivity contribution in [3.05, 3.63) is 28.2 Å². The van der Waals surface area contributed by atoms with Gasteiger partial charge in [0.2, 0.25) is 0 Å². The van der Waals surface area contributed by atoms with Gasteiger partial charge in [0.15, 0.2) is 0 Å². The molecule has 92 valence electrons. The Kier molecular flexibility index (Phi) is 3.53. The summed E-state index contributed by atoms with van der Waals surface area (Å²) >= 11 is 0. The highest BCUT2D eigenvalue weighted by Gasteiger charge is 2.22. The van der Waals surface area contributed by atoms with Gasteiger partial charge in [0.25, 0.3) is 11.5 Å². The molecular weight excluding hydrogens is 220 g/mol. The Balaban J connectivity index is 1.85. The lowest BCUT2D eigenvalue weighted by molar-refractivity contribution is 0.0941. The molecular formula is C11H16N4O2. The van der Waals surface area contributed by atoms with Gasteiger partial charge >= 0.3 is 0 Å². The maximum absolute atomic E-state index is 11.7. The fourth-order valence-electron chi connectivity index (χ4n) is 2.10. The Bertz CT molecular complexity index is 437. The number of aromatic nitrogens is 2. The van der Waals surface area contributed by atoms with E-state index in [1.807, 2.05) is 0 Å². The van der Waals surface area contributed by atoms with Gasteiger partial charge in [-0.2, -0.15) is 5.10 Å². The standard InChI is InChI=1S/C11H16N4O2/c12-8-2-1-7(5-8)6-13-11(17)9-3-4-10(16)15-14-9/h3-4,7-8H,1-2,5-6,12H2,(H,13,17)(H,15,16). The molecule has 17 heavy (non-hydrogen) atoms. The van der Waals surface area contributed by atoms with E-state index in [9.17, 15) is 9.59 Å². The van der Waals surface area contributed by atoms with Crippen molar-refractivity contribution in [2.75, 3.05) is 6.54 Å². The third-order valence-corrected chi connectivity index (χ3v) is 3.04. The highest BCUT2D eigenvalue weighted by atomic mass is 16.2. The number of nitrogens with two attached hydrogens (primary N) is 1. The van der Waals surface area contributed by atoms with Crippen LogP contribution in [-0.2, 0) is 0 Å². The SMILES string of the molecule is NC1CCC(CNC(=O)c2ccc(=O)[nH]n2)C1. The Morgan fingerprint density at radius 1 is 1.53 bits per heavy atom. The fraction of sp³-hybridized carbons (Fsp3) is 0.545. The van der Waals surface area contributed by atoms with Crippen LogP contribution in [0.15, 0.2) is 16.9 Å². The lowest BCUT2D eigenvalue weighted by atomic mass is 10.1. The summed E-state index contributed by atoms with van der Waals surface area (Å²) in [5.41, 5.74) is 5.71. The van der Waals surface area contributed by atoms with Crippen molar-refractivity contribution in [1.82, 2.24) is 15.5 Å².